The summed E-state index contributed by atoms with van der Waals surface area (Å²) in [5.74, 6) is 0.0911. The van der Waals surface area contributed by atoms with Gasteiger partial charge in [0.15, 0.2) is 5.03 Å². The smallest absolute Gasteiger partial charge is 0.257 e. The Morgan fingerprint density at radius 3 is 2.76 bits per heavy atom. The van der Waals surface area contributed by atoms with Crippen molar-refractivity contribution in [2.45, 2.75) is 31.5 Å². The molecule has 0 fully saturated rings. The maximum Gasteiger partial charge on any atom is 0.257 e. The summed E-state index contributed by atoms with van der Waals surface area (Å²) in [6.45, 7) is 1.95. The molecule has 2 rings (SSSR count). The normalized spacial score (nSPS) is 11.8. The van der Waals surface area contributed by atoms with Crippen LogP contribution in [0.5, 0.6) is 0 Å². The van der Waals surface area contributed by atoms with Crippen LogP contribution in [0.15, 0.2) is 29.4 Å². The van der Waals surface area contributed by atoms with Crippen LogP contribution in [-0.2, 0) is 29.5 Å². The number of aryl methyl sites for hydroxylation is 1. The molecule has 0 aliphatic heterocycles. The molecule has 0 amide bonds. The summed E-state index contributed by atoms with van der Waals surface area (Å²) in [6, 6.07) is 4.48. The van der Waals surface area contributed by atoms with Crippen LogP contribution >= 0.6 is 0 Å². The number of hydrogen-bond acceptors (Lipinski definition) is 4. The molecule has 4 N–H and O–H groups in total. The number of hydrogen-bond donors (Lipinski definition) is 3. The zero-order chi connectivity index (χ0) is 15.5. The van der Waals surface area contributed by atoms with Gasteiger partial charge in [-0.2, -0.15) is 0 Å². The molecule has 0 atom stereocenters. The molecule has 1 heterocycles. The lowest BCUT2D eigenvalue weighted by molar-refractivity contribution is 0.571. The second-order valence-electron chi connectivity index (χ2n) is 4.50. The highest BCUT2D eigenvalue weighted by Gasteiger charge is 2.17. The van der Waals surface area contributed by atoms with E-state index in [1.165, 1.54) is 18.3 Å². The summed E-state index contributed by atoms with van der Waals surface area (Å²) in [4.78, 5) is 6.63. The second-order valence-corrected chi connectivity index (χ2v) is 6.24. The number of aromatic amines is 1. The van der Waals surface area contributed by atoms with Gasteiger partial charge in [0.25, 0.3) is 10.0 Å². The van der Waals surface area contributed by atoms with Gasteiger partial charge >= 0.3 is 0 Å². The third kappa shape index (κ3) is 3.66. The van der Waals surface area contributed by atoms with Crippen molar-refractivity contribution in [2.24, 2.45) is 5.73 Å². The number of halogens is 1. The highest BCUT2D eigenvalue weighted by Crippen LogP contribution is 2.12. The van der Waals surface area contributed by atoms with Crippen molar-refractivity contribution in [3.63, 3.8) is 0 Å². The minimum Gasteiger partial charge on any atom is -0.332 e. The van der Waals surface area contributed by atoms with Gasteiger partial charge in [-0.25, -0.2) is 22.5 Å². The van der Waals surface area contributed by atoms with Crippen LogP contribution in [-0.4, -0.2) is 18.4 Å². The molecule has 1 aromatic carbocycles. The molecule has 0 unspecified atom stereocenters. The molecule has 6 nitrogen and oxygen atoms in total. The van der Waals surface area contributed by atoms with Gasteiger partial charge in [0, 0.05) is 25.1 Å². The molecule has 2 aromatic rings. The monoisotopic (exact) mass is 312 g/mol. The number of nitrogens with one attached hydrogen (secondary N) is 2. The van der Waals surface area contributed by atoms with E-state index in [2.05, 4.69) is 14.7 Å². The lowest BCUT2D eigenvalue weighted by Gasteiger charge is -2.07. The Kier molecular flexibility index (Phi) is 4.71. The van der Waals surface area contributed by atoms with E-state index in [4.69, 9.17) is 5.73 Å². The number of aromatic nitrogens is 2. The van der Waals surface area contributed by atoms with Crippen LogP contribution in [0.3, 0.4) is 0 Å². The Balaban J connectivity index is 2.11. The quantitative estimate of drug-likeness (QED) is 0.742. The standard InChI is InChI=1S/C13H17FN4O2S/c1-2-12-16-8-13(18-12)21(19,20)17-7-10-4-3-9(6-15)5-11(10)14/h3-5,8,17H,2,6-7,15H2,1H3,(H,16,18). The number of benzene rings is 1. The molecule has 0 saturated heterocycles. The molecule has 0 saturated carbocycles. The first kappa shape index (κ1) is 15.6. The van der Waals surface area contributed by atoms with E-state index >= 15 is 0 Å². The van der Waals surface area contributed by atoms with Gasteiger partial charge < -0.3 is 10.7 Å². The van der Waals surface area contributed by atoms with Crippen LogP contribution in [0.25, 0.3) is 0 Å². The highest BCUT2D eigenvalue weighted by atomic mass is 32.2. The van der Waals surface area contributed by atoms with Crippen molar-refractivity contribution < 1.29 is 12.8 Å². The van der Waals surface area contributed by atoms with E-state index in [9.17, 15) is 12.8 Å². The molecule has 8 heteroatoms. The predicted octanol–water partition coefficient (Wildman–Crippen LogP) is 1.05. The fourth-order valence-corrected chi connectivity index (χ4v) is 2.72. The SMILES string of the molecule is CCc1ncc(S(=O)(=O)NCc2ccc(CN)cc2F)[nH]1. The highest BCUT2D eigenvalue weighted by molar-refractivity contribution is 7.89. The summed E-state index contributed by atoms with van der Waals surface area (Å²) in [5.41, 5.74) is 6.32. The maximum atomic E-state index is 13.8. The number of nitrogens with zero attached hydrogens (tertiary/aromatic N) is 1. The molecule has 21 heavy (non-hydrogen) atoms. The second kappa shape index (κ2) is 6.33. The zero-order valence-electron chi connectivity index (χ0n) is 11.6. The van der Waals surface area contributed by atoms with Crippen molar-refractivity contribution in [1.82, 2.24) is 14.7 Å². The molecule has 0 spiro atoms. The Labute approximate surface area is 122 Å². The number of imidazole rings is 1. The van der Waals surface area contributed by atoms with Crippen molar-refractivity contribution in [3.8, 4) is 0 Å². The molecule has 114 valence electrons. The van der Waals surface area contributed by atoms with E-state index in [0.717, 1.165) is 0 Å². The van der Waals surface area contributed by atoms with E-state index in [1.54, 1.807) is 6.07 Å². The Morgan fingerprint density at radius 1 is 1.43 bits per heavy atom. The predicted molar refractivity (Wildman–Crippen MR) is 76.3 cm³/mol. The van der Waals surface area contributed by atoms with Gasteiger partial charge in [-0.05, 0) is 11.6 Å². The first-order chi connectivity index (χ1) is 9.96. The molecule has 0 radical (unpaired) electrons. The molecule has 0 aliphatic rings. The average molecular weight is 312 g/mol. The molecular weight excluding hydrogens is 295 g/mol. The molecule has 1 aromatic heterocycles. The zero-order valence-corrected chi connectivity index (χ0v) is 12.4. The van der Waals surface area contributed by atoms with Crippen molar-refractivity contribution in [3.05, 3.63) is 47.2 Å². The number of sulfonamides is 1. The minimum absolute atomic E-state index is 0.0293. The van der Waals surface area contributed by atoms with Gasteiger partial charge in [-0.15, -0.1) is 0 Å². The van der Waals surface area contributed by atoms with Crippen LogP contribution < -0.4 is 10.5 Å². The summed E-state index contributed by atoms with van der Waals surface area (Å²) in [6.07, 6.45) is 1.85. The van der Waals surface area contributed by atoms with E-state index in [0.29, 0.717) is 17.8 Å². The van der Waals surface area contributed by atoms with Crippen LogP contribution in [0.2, 0.25) is 0 Å². The third-order valence-corrected chi connectivity index (χ3v) is 4.35. The van der Waals surface area contributed by atoms with Gasteiger partial charge in [-0.1, -0.05) is 19.1 Å². The molecule has 0 aliphatic carbocycles. The maximum absolute atomic E-state index is 13.8. The lowest BCUT2D eigenvalue weighted by atomic mass is 10.1. The number of nitrogens with two attached hydrogens (primary N) is 1. The topological polar surface area (TPSA) is 101 Å². The molecule has 0 bridgehead atoms. The first-order valence-electron chi connectivity index (χ1n) is 6.47. The summed E-state index contributed by atoms with van der Waals surface area (Å²) >= 11 is 0. The van der Waals surface area contributed by atoms with E-state index in [1.807, 2.05) is 6.92 Å². The van der Waals surface area contributed by atoms with Crippen LogP contribution in [0.1, 0.15) is 23.9 Å². The largest absolute Gasteiger partial charge is 0.332 e. The Bertz CT molecular complexity index is 728. The summed E-state index contributed by atoms with van der Waals surface area (Å²) in [7, 11) is -3.74. The number of rotatable bonds is 6. The van der Waals surface area contributed by atoms with Crippen molar-refractivity contribution >= 4 is 10.0 Å². The van der Waals surface area contributed by atoms with E-state index in [-0.39, 0.29) is 23.7 Å². The first-order valence-corrected chi connectivity index (χ1v) is 7.95. The van der Waals surface area contributed by atoms with Gasteiger partial charge in [0.2, 0.25) is 0 Å². The van der Waals surface area contributed by atoms with Crippen LogP contribution in [0.4, 0.5) is 4.39 Å². The van der Waals surface area contributed by atoms with Gasteiger partial charge in [-0.3, -0.25) is 0 Å². The van der Waals surface area contributed by atoms with Crippen LogP contribution in [0, 0.1) is 5.82 Å². The number of H-pyrrole nitrogens is 1. The van der Waals surface area contributed by atoms with Crippen molar-refractivity contribution in [2.75, 3.05) is 0 Å². The van der Waals surface area contributed by atoms with Crippen molar-refractivity contribution in [1.29, 1.82) is 0 Å². The third-order valence-electron chi connectivity index (χ3n) is 3.04. The Morgan fingerprint density at radius 2 is 2.19 bits per heavy atom. The fraction of sp³-hybridized carbons (Fsp3) is 0.308. The molecular formula is C13H17FN4O2S. The van der Waals surface area contributed by atoms with Gasteiger partial charge in [0.1, 0.15) is 11.6 Å². The van der Waals surface area contributed by atoms with E-state index < -0.39 is 15.8 Å². The summed E-state index contributed by atoms with van der Waals surface area (Å²) < 4.78 is 40.2. The summed E-state index contributed by atoms with van der Waals surface area (Å²) in [5, 5.41) is -0.0293. The Hall–Kier alpha value is -1.77. The minimum atomic E-state index is -3.74. The lowest BCUT2D eigenvalue weighted by Crippen LogP contribution is -2.24. The average Bonchev–Trinajstić information content (AvgIpc) is 2.95. The fourth-order valence-electron chi connectivity index (χ4n) is 1.77. The van der Waals surface area contributed by atoms with Gasteiger partial charge in [0.05, 0.1) is 6.20 Å².